The molecule has 21 heavy (non-hydrogen) atoms. The minimum absolute atomic E-state index is 0.120. The number of carbonyl (C=O) groups excluding carboxylic acids is 1. The predicted molar refractivity (Wildman–Crippen MR) is 85.2 cm³/mol. The fraction of sp³-hybridized carbons (Fsp3) is 0.235. The van der Waals surface area contributed by atoms with Crippen LogP contribution in [0.2, 0.25) is 0 Å². The van der Waals surface area contributed by atoms with Crippen molar-refractivity contribution in [3.63, 3.8) is 0 Å². The van der Waals surface area contributed by atoms with Crippen molar-refractivity contribution in [3.05, 3.63) is 53.3 Å². The maximum atomic E-state index is 12.3. The molecule has 2 rings (SSSR count). The highest BCUT2D eigenvalue weighted by Gasteiger charge is 2.10. The molecule has 2 aromatic rings. The predicted octanol–water partition coefficient (Wildman–Crippen LogP) is 2.38. The molecule has 0 spiro atoms. The number of rotatable bonds is 3. The van der Waals surface area contributed by atoms with Gasteiger partial charge in [-0.15, -0.1) is 0 Å². The van der Waals surface area contributed by atoms with Crippen LogP contribution in [0.3, 0.4) is 0 Å². The summed E-state index contributed by atoms with van der Waals surface area (Å²) >= 11 is 0. The Hall–Kier alpha value is -2.51. The average Bonchev–Trinajstić information content (AvgIpc) is 2.93. The Kier molecular flexibility index (Phi) is 4.81. The molecule has 1 heterocycles. The van der Waals surface area contributed by atoms with Gasteiger partial charge in [0.05, 0.1) is 6.54 Å². The van der Waals surface area contributed by atoms with Crippen molar-refractivity contribution >= 4 is 11.6 Å². The SMILES string of the molecule is CCn1cccc1C(=O)Nc1cc(C)cc(C#CCN)c1. The molecular formula is C17H19N3O. The summed E-state index contributed by atoms with van der Waals surface area (Å²) in [6, 6.07) is 9.42. The zero-order valence-electron chi connectivity index (χ0n) is 12.3. The van der Waals surface area contributed by atoms with Gasteiger partial charge in [0.25, 0.3) is 5.91 Å². The van der Waals surface area contributed by atoms with Gasteiger partial charge in [-0.2, -0.15) is 0 Å². The Bertz CT molecular complexity index is 704. The molecule has 4 heteroatoms. The molecule has 1 amide bonds. The van der Waals surface area contributed by atoms with Gasteiger partial charge in [-0.1, -0.05) is 11.8 Å². The molecule has 0 bridgehead atoms. The van der Waals surface area contributed by atoms with Crippen LogP contribution in [0, 0.1) is 18.8 Å². The van der Waals surface area contributed by atoms with Gasteiger partial charge in [0.15, 0.2) is 0 Å². The van der Waals surface area contributed by atoms with Gasteiger partial charge >= 0.3 is 0 Å². The fourth-order valence-corrected chi connectivity index (χ4v) is 2.17. The van der Waals surface area contributed by atoms with Gasteiger partial charge in [-0.25, -0.2) is 0 Å². The second-order valence-electron chi connectivity index (χ2n) is 4.73. The van der Waals surface area contributed by atoms with Crippen molar-refractivity contribution in [2.45, 2.75) is 20.4 Å². The first-order valence-corrected chi connectivity index (χ1v) is 6.91. The Morgan fingerprint density at radius 3 is 2.90 bits per heavy atom. The smallest absolute Gasteiger partial charge is 0.272 e. The number of hydrogen-bond acceptors (Lipinski definition) is 2. The summed E-state index contributed by atoms with van der Waals surface area (Å²) in [6.45, 7) is 5.05. The molecule has 0 radical (unpaired) electrons. The van der Waals surface area contributed by atoms with Crippen LogP contribution < -0.4 is 11.1 Å². The third kappa shape index (κ3) is 3.74. The van der Waals surface area contributed by atoms with Crippen molar-refractivity contribution in [2.24, 2.45) is 5.73 Å². The van der Waals surface area contributed by atoms with Crippen molar-refractivity contribution < 1.29 is 4.79 Å². The molecule has 0 aliphatic carbocycles. The van der Waals surface area contributed by atoms with Crippen molar-refractivity contribution in [1.29, 1.82) is 0 Å². The number of nitrogens with one attached hydrogen (secondary N) is 1. The quantitative estimate of drug-likeness (QED) is 0.849. The van der Waals surface area contributed by atoms with E-state index in [0.29, 0.717) is 12.2 Å². The van der Waals surface area contributed by atoms with Gasteiger partial charge in [0.2, 0.25) is 0 Å². The van der Waals surface area contributed by atoms with Crippen LogP contribution in [0.5, 0.6) is 0 Å². The third-order valence-electron chi connectivity index (χ3n) is 3.07. The molecule has 0 saturated heterocycles. The lowest BCUT2D eigenvalue weighted by atomic mass is 10.1. The van der Waals surface area contributed by atoms with E-state index in [1.165, 1.54) is 0 Å². The first-order chi connectivity index (χ1) is 10.1. The number of nitrogens with zero attached hydrogens (tertiary/aromatic N) is 1. The monoisotopic (exact) mass is 281 g/mol. The van der Waals surface area contributed by atoms with E-state index < -0.39 is 0 Å². The van der Waals surface area contributed by atoms with Crippen LogP contribution in [0.1, 0.15) is 28.5 Å². The third-order valence-corrected chi connectivity index (χ3v) is 3.07. The summed E-state index contributed by atoms with van der Waals surface area (Å²) in [7, 11) is 0. The van der Waals surface area contributed by atoms with E-state index in [0.717, 1.165) is 23.4 Å². The lowest BCUT2D eigenvalue weighted by molar-refractivity contribution is 0.101. The second kappa shape index (κ2) is 6.78. The van der Waals surface area contributed by atoms with Crippen LogP contribution in [0.4, 0.5) is 5.69 Å². The molecule has 0 aliphatic heterocycles. The molecule has 0 atom stereocenters. The van der Waals surface area contributed by atoms with Gasteiger partial charge in [0.1, 0.15) is 5.69 Å². The maximum Gasteiger partial charge on any atom is 0.272 e. The number of aryl methyl sites for hydroxylation is 2. The van der Waals surface area contributed by atoms with E-state index >= 15 is 0 Å². The number of carbonyl (C=O) groups is 1. The average molecular weight is 281 g/mol. The van der Waals surface area contributed by atoms with Crippen LogP contribution in [-0.2, 0) is 6.54 Å². The number of benzene rings is 1. The molecule has 108 valence electrons. The maximum absolute atomic E-state index is 12.3. The highest BCUT2D eigenvalue weighted by molar-refractivity contribution is 6.03. The summed E-state index contributed by atoms with van der Waals surface area (Å²) in [5.41, 5.74) is 8.66. The van der Waals surface area contributed by atoms with E-state index in [-0.39, 0.29) is 5.91 Å². The van der Waals surface area contributed by atoms with Crippen LogP contribution >= 0.6 is 0 Å². The first-order valence-electron chi connectivity index (χ1n) is 6.91. The summed E-state index contributed by atoms with van der Waals surface area (Å²) in [6.07, 6.45) is 1.89. The summed E-state index contributed by atoms with van der Waals surface area (Å²) < 4.78 is 1.90. The molecule has 0 saturated carbocycles. The fourth-order valence-electron chi connectivity index (χ4n) is 2.17. The highest BCUT2D eigenvalue weighted by Crippen LogP contribution is 2.15. The highest BCUT2D eigenvalue weighted by atomic mass is 16.1. The molecule has 1 aromatic heterocycles. The zero-order valence-corrected chi connectivity index (χ0v) is 12.3. The summed E-state index contributed by atoms with van der Waals surface area (Å²) in [5, 5.41) is 2.92. The summed E-state index contributed by atoms with van der Waals surface area (Å²) in [4.78, 5) is 12.3. The van der Waals surface area contributed by atoms with Gasteiger partial charge in [-0.3, -0.25) is 4.79 Å². The Morgan fingerprint density at radius 2 is 2.19 bits per heavy atom. The van der Waals surface area contributed by atoms with Gasteiger partial charge in [-0.05, 0) is 49.7 Å². The minimum Gasteiger partial charge on any atom is -0.344 e. The van der Waals surface area contributed by atoms with Gasteiger partial charge in [0, 0.05) is 24.0 Å². The second-order valence-corrected chi connectivity index (χ2v) is 4.73. The van der Waals surface area contributed by atoms with E-state index in [9.17, 15) is 4.79 Å². The van der Waals surface area contributed by atoms with Gasteiger partial charge < -0.3 is 15.6 Å². The number of hydrogen-bond donors (Lipinski definition) is 2. The standard InChI is InChI=1S/C17H19N3O/c1-3-20-9-5-7-16(20)17(21)19-15-11-13(2)10-14(12-15)6-4-8-18/h5,7,9-12H,3,8,18H2,1-2H3,(H,19,21). The van der Waals surface area contributed by atoms with Crippen molar-refractivity contribution in [1.82, 2.24) is 4.57 Å². The van der Waals surface area contributed by atoms with E-state index in [1.54, 1.807) is 0 Å². The lowest BCUT2D eigenvalue weighted by Gasteiger charge is -2.09. The number of nitrogens with two attached hydrogens (primary N) is 1. The van der Waals surface area contributed by atoms with Crippen LogP contribution in [0.25, 0.3) is 0 Å². The number of amides is 1. The van der Waals surface area contributed by atoms with E-state index in [1.807, 2.05) is 54.9 Å². The van der Waals surface area contributed by atoms with Crippen LogP contribution in [0.15, 0.2) is 36.5 Å². The number of aromatic nitrogens is 1. The van der Waals surface area contributed by atoms with Crippen LogP contribution in [-0.4, -0.2) is 17.0 Å². The van der Waals surface area contributed by atoms with E-state index in [4.69, 9.17) is 5.73 Å². The Labute approximate surface area is 125 Å². The lowest BCUT2D eigenvalue weighted by Crippen LogP contribution is -2.16. The molecule has 3 N–H and O–H groups in total. The molecule has 1 aromatic carbocycles. The molecule has 0 aliphatic rings. The summed E-state index contributed by atoms with van der Waals surface area (Å²) in [5.74, 6) is 5.68. The molecular weight excluding hydrogens is 262 g/mol. The molecule has 0 fully saturated rings. The minimum atomic E-state index is -0.120. The number of anilines is 1. The topological polar surface area (TPSA) is 60.0 Å². The largest absolute Gasteiger partial charge is 0.344 e. The Balaban J connectivity index is 2.23. The van der Waals surface area contributed by atoms with E-state index in [2.05, 4.69) is 17.2 Å². The molecule has 4 nitrogen and oxygen atoms in total. The molecule has 0 unspecified atom stereocenters. The Morgan fingerprint density at radius 1 is 1.38 bits per heavy atom. The first kappa shape index (κ1) is 14.9. The van der Waals surface area contributed by atoms with Crippen molar-refractivity contribution in [2.75, 3.05) is 11.9 Å². The van der Waals surface area contributed by atoms with Crippen molar-refractivity contribution in [3.8, 4) is 11.8 Å². The normalized spacial score (nSPS) is 9.86. The zero-order chi connectivity index (χ0) is 15.2.